The summed E-state index contributed by atoms with van der Waals surface area (Å²) in [6.45, 7) is 12.7. The number of nitrogens with zero attached hydrogens (tertiary/aromatic N) is 2. The zero-order valence-corrected chi connectivity index (χ0v) is 14.8. The van der Waals surface area contributed by atoms with Crippen LogP contribution in [0, 0.1) is 16.7 Å². The van der Waals surface area contributed by atoms with Crippen LogP contribution in [0.3, 0.4) is 0 Å². The number of hydrogen-bond acceptors (Lipinski definition) is 4. The van der Waals surface area contributed by atoms with Crippen LogP contribution in [0.25, 0.3) is 0 Å². The number of piperazine rings is 1. The van der Waals surface area contributed by atoms with E-state index < -0.39 is 0 Å². The number of rotatable bonds is 5. The van der Waals surface area contributed by atoms with Crippen molar-refractivity contribution >= 4 is 0 Å². The molecular weight excluding hydrogens is 276 g/mol. The van der Waals surface area contributed by atoms with Crippen molar-refractivity contribution in [1.82, 2.24) is 9.80 Å². The molecule has 3 aliphatic rings. The van der Waals surface area contributed by atoms with Gasteiger partial charge >= 0.3 is 0 Å². The summed E-state index contributed by atoms with van der Waals surface area (Å²) in [6, 6.07) is 0. The Kier molecular flexibility index (Phi) is 4.59. The molecule has 0 amide bonds. The van der Waals surface area contributed by atoms with E-state index in [1.807, 2.05) is 0 Å². The molecule has 4 atom stereocenters. The first kappa shape index (κ1) is 16.7. The fourth-order valence-electron chi connectivity index (χ4n) is 5.26. The Morgan fingerprint density at radius 1 is 1.18 bits per heavy atom. The molecule has 3 rings (SSSR count). The second kappa shape index (κ2) is 6.04. The van der Waals surface area contributed by atoms with E-state index in [4.69, 9.17) is 4.74 Å². The van der Waals surface area contributed by atoms with E-state index in [1.165, 1.54) is 19.3 Å². The van der Waals surface area contributed by atoms with E-state index in [0.29, 0.717) is 18.1 Å². The van der Waals surface area contributed by atoms with Crippen molar-refractivity contribution in [3.05, 3.63) is 0 Å². The van der Waals surface area contributed by atoms with Crippen molar-refractivity contribution < 1.29 is 9.84 Å². The molecule has 0 aromatic carbocycles. The van der Waals surface area contributed by atoms with E-state index in [1.54, 1.807) is 0 Å². The van der Waals surface area contributed by atoms with Crippen molar-refractivity contribution in [1.29, 1.82) is 0 Å². The van der Waals surface area contributed by atoms with Gasteiger partial charge in [0.05, 0.1) is 18.8 Å². The highest BCUT2D eigenvalue weighted by molar-refractivity contribution is 5.09. The monoisotopic (exact) mass is 310 g/mol. The molecule has 2 bridgehead atoms. The molecule has 1 saturated heterocycles. The normalized spacial score (nSPS) is 40.2. The quantitative estimate of drug-likeness (QED) is 0.840. The predicted molar refractivity (Wildman–Crippen MR) is 88.9 cm³/mol. The zero-order valence-electron chi connectivity index (χ0n) is 14.8. The molecule has 2 saturated carbocycles. The van der Waals surface area contributed by atoms with Crippen LogP contribution in [-0.4, -0.2) is 73.5 Å². The molecule has 1 aliphatic heterocycles. The van der Waals surface area contributed by atoms with Crippen LogP contribution >= 0.6 is 0 Å². The van der Waals surface area contributed by atoms with E-state index in [0.717, 1.165) is 38.6 Å². The van der Waals surface area contributed by atoms with Crippen LogP contribution in [0.1, 0.15) is 40.0 Å². The summed E-state index contributed by atoms with van der Waals surface area (Å²) in [7, 11) is 2.16. The SMILES string of the molecule is CN1CCN(C[C@@H](O)CO[C@@H]2C(C)(C)[C@@H]3CC[C@]2(C)C3)CC1. The summed E-state index contributed by atoms with van der Waals surface area (Å²) in [6.07, 6.45) is 3.90. The highest BCUT2D eigenvalue weighted by Gasteiger charge is 2.60. The van der Waals surface area contributed by atoms with Crippen molar-refractivity contribution in [2.75, 3.05) is 46.4 Å². The second-order valence-electron chi connectivity index (χ2n) is 8.89. The van der Waals surface area contributed by atoms with E-state index in [2.05, 4.69) is 37.6 Å². The fraction of sp³-hybridized carbons (Fsp3) is 1.00. The summed E-state index contributed by atoms with van der Waals surface area (Å²) in [5.41, 5.74) is 0.599. The van der Waals surface area contributed by atoms with Crippen LogP contribution in [0.2, 0.25) is 0 Å². The van der Waals surface area contributed by atoms with Gasteiger partial charge in [-0.2, -0.15) is 0 Å². The zero-order chi connectivity index (χ0) is 16.0. The number of hydrogen-bond donors (Lipinski definition) is 1. The van der Waals surface area contributed by atoms with Gasteiger partial charge in [-0.25, -0.2) is 0 Å². The van der Waals surface area contributed by atoms with Gasteiger partial charge in [0, 0.05) is 32.7 Å². The maximum absolute atomic E-state index is 10.4. The largest absolute Gasteiger partial charge is 0.389 e. The van der Waals surface area contributed by atoms with Crippen LogP contribution in [0.15, 0.2) is 0 Å². The number of β-amino-alcohol motifs (C(OH)–C–C–N with tert-alkyl or cyclic N) is 1. The summed E-state index contributed by atoms with van der Waals surface area (Å²) < 4.78 is 6.29. The van der Waals surface area contributed by atoms with Gasteiger partial charge in [-0.05, 0) is 43.1 Å². The lowest BCUT2D eigenvalue weighted by atomic mass is 9.70. The Balaban J connectivity index is 1.48. The van der Waals surface area contributed by atoms with E-state index in [-0.39, 0.29) is 11.5 Å². The topological polar surface area (TPSA) is 35.9 Å². The average molecular weight is 310 g/mol. The second-order valence-corrected chi connectivity index (χ2v) is 8.89. The molecule has 128 valence electrons. The molecular formula is C18H34N2O2. The van der Waals surface area contributed by atoms with Gasteiger partial charge in [0.2, 0.25) is 0 Å². The van der Waals surface area contributed by atoms with Gasteiger partial charge in [0.15, 0.2) is 0 Å². The molecule has 0 radical (unpaired) electrons. The minimum atomic E-state index is -0.359. The van der Waals surface area contributed by atoms with Crippen molar-refractivity contribution in [2.45, 2.75) is 52.2 Å². The van der Waals surface area contributed by atoms with Crippen LogP contribution in [0.4, 0.5) is 0 Å². The van der Waals surface area contributed by atoms with Crippen LogP contribution < -0.4 is 0 Å². The van der Waals surface area contributed by atoms with Gasteiger partial charge < -0.3 is 14.7 Å². The first-order valence-electron chi connectivity index (χ1n) is 9.02. The fourth-order valence-corrected chi connectivity index (χ4v) is 5.26. The molecule has 22 heavy (non-hydrogen) atoms. The molecule has 0 spiro atoms. The highest BCUT2D eigenvalue weighted by atomic mass is 16.5. The predicted octanol–water partition coefficient (Wildman–Crippen LogP) is 1.83. The molecule has 2 aliphatic carbocycles. The van der Waals surface area contributed by atoms with Crippen LogP contribution in [-0.2, 0) is 4.74 Å². The minimum Gasteiger partial charge on any atom is -0.389 e. The number of aliphatic hydroxyl groups is 1. The summed E-state index contributed by atoms with van der Waals surface area (Å²) in [5, 5.41) is 10.4. The Morgan fingerprint density at radius 2 is 1.86 bits per heavy atom. The highest BCUT2D eigenvalue weighted by Crippen LogP contribution is 2.63. The van der Waals surface area contributed by atoms with Gasteiger partial charge in [0.1, 0.15) is 0 Å². The Labute approximate surface area is 135 Å². The molecule has 4 heteroatoms. The summed E-state index contributed by atoms with van der Waals surface area (Å²) in [4.78, 5) is 4.71. The Bertz CT molecular complexity index is 388. The van der Waals surface area contributed by atoms with Crippen molar-refractivity contribution in [3.63, 3.8) is 0 Å². The third-order valence-electron chi connectivity index (χ3n) is 6.66. The molecule has 0 aromatic heterocycles. The Morgan fingerprint density at radius 3 is 2.45 bits per heavy atom. The molecule has 0 aromatic rings. The first-order chi connectivity index (χ1) is 10.3. The smallest absolute Gasteiger partial charge is 0.0900 e. The lowest BCUT2D eigenvalue weighted by molar-refractivity contribution is -0.114. The minimum absolute atomic E-state index is 0.264. The molecule has 3 fully saturated rings. The van der Waals surface area contributed by atoms with Gasteiger partial charge in [-0.3, -0.25) is 4.90 Å². The number of likely N-dealkylation sites (N-methyl/N-ethyl adjacent to an activating group) is 1. The first-order valence-corrected chi connectivity index (χ1v) is 9.02. The van der Waals surface area contributed by atoms with Gasteiger partial charge in [0.25, 0.3) is 0 Å². The number of fused-ring (bicyclic) bond motifs is 2. The third kappa shape index (κ3) is 3.08. The standard InChI is InChI=1S/C18H34N2O2/c1-17(2)14-5-6-18(3,11-14)16(17)22-13-15(21)12-20-9-7-19(4)8-10-20/h14-16,21H,5-13H2,1-4H3/t14-,15-,16-,18-/m1/s1. The van der Waals surface area contributed by atoms with Crippen molar-refractivity contribution in [3.8, 4) is 0 Å². The molecule has 1 heterocycles. The lowest BCUT2D eigenvalue weighted by Gasteiger charge is -2.43. The molecule has 1 N–H and O–H groups in total. The lowest BCUT2D eigenvalue weighted by Crippen LogP contribution is -2.48. The number of aliphatic hydroxyl groups excluding tert-OH is 1. The van der Waals surface area contributed by atoms with Gasteiger partial charge in [-0.15, -0.1) is 0 Å². The Hall–Kier alpha value is -0.160. The maximum atomic E-state index is 10.4. The van der Waals surface area contributed by atoms with Crippen molar-refractivity contribution in [2.24, 2.45) is 16.7 Å². The number of ether oxygens (including phenoxy) is 1. The maximum Gasteiger partial charge on any atom is 0.0900 e. The summed E-state index contributed by atoms with van der Waals surface area (Å²) in [5.74, 6) is 0.803. The van der Waals surface area contributed by atoms with Gasteiger partial charge in [-0.1, -0.05) is 20.8 Å². The summed E-state index contributed by atoms with van der Waals surface area (Å²) >= 11 is 0. The molecule has 0 unspecified atom stereocenters. The van der Waals surface area contributed by atoms with E-state index >= 15 is 0 Å². The average Bonchev–Trinajstić information content (AvgIpc) is 2.92. The third-order valence-corrected chi connectivity index (χ3v) is 6.66. The van der Waals surface area contributed by atoms with E-state index in [9.17, 15) is 5.11 Å². The van der Waals surface area contributed by atoms with Crippen LogP contribution in [0.5, 0.6) is 0 Å². The molecule has 4 nitrogen and oxygen atoms in total.